The molecule has 0 bridgehead atoms. The fraction of sp³-hybridized carbons (Fsp3) is 0.481. The minimum absolute atomic E-state index is 0.0268. The first-order valence-electron chi connectivity index (χ1n) is 12.3. The molecule has 0 aromatic heterocycles. The molecule has 33 heavy (non-hydrogen) atoms. The third kappa shape index (κ3) is 4.55. The second kappa shape index (κ2) is 9.65. The molecule has 6 heteroatoms. The van der Waals surface area contributed by atoms with Crippen LogP contribution in [0.5, 0.6) is 0 Å². The largest absolute Gasteiger partial charge is 0.337 e. The van der Waals surface area contributed by atoms with Crippen molar-refractivity contribution in [2.24, 2.45) is 0 Å². The summed E-state index contributed by atoms with van der Waals surface area (Å²) in [5.74, 6) is 0.451. The lowest BCUT2D eigenvalue weighted by molar-refractivity contribution is -0.142. The van der Waals surface area contributed by atoms with Crippen molar-refractivity contribution in [1.82, 2.24) is 14.7 Å². The van der Waals surface area contributed by atoms with Gasteiger partial charge in [-0.05, 0) is 43.4 Å². The molecule has 2 amide bonds. The van der Waals surface area contributed by atoms with E-state index in [4.69, 9.17) is 0 Å². The molecule has 3 heterocycles. The quantitative estimate of drug-likeness (QED) is 0.709. The van der Waals surface area contributed by atoms with E-state index < -0.39 is 0 Å². The van der Waals surface area contributed by atoms with Gasteiger partial charge in [-0.3, -0.25) is 19.4 Å². The molecule has 0 N–H and O–H groups in total. The third-order valence-corrected chi connectivity index (χ3v) is 7.57. The standard InChI is InChI=1S/C27H34N4O2/c1-21(26(32)31-15-13-23-10-5-6-11-24(23)31)28-16-18-29(19-17-28)25-12-7-14-30(27(25)33)20-22-8-3-2-4-9-22/h2-6,8-11,21,25H,7,12-20H2,1H3/t21-,25+/m0/s1. The van der Waals surface area contributed by atoms with Gasteiger partial charge in [-0.1, -0.05) is 48.5 Å². The maximum atomic E-state index is 13.3. The number of benzene rings is 2. The predicted octanol–water partition coefficient (Wildman–Crippen LogP) is 2.77. The molecule has 3 aliphatic rings. The molecule has 0 unspecified atom stereocenters. The van der Waals surface area contributed by atoms with Crippen molar-refractivity contribution in [1.29, 1.82) is 0 Å². The number of anilines is 1. The molecule has 0 radical (unpaired) electrons. The summed E-state index contributed by atoms with van der Waals surface area (Å²) in [6.07, 6.45) is 2.92. The normalized spacial score (nSPS) is 22.9. The summed E-state index contributed by atoms with van der Waals surface area (Å²) in [6, 6.07) is 18.3. The number of amides is 2. The van der Waals surface area contributed by atoms with Crippen LogP contribution < -0.4 is 4.90 Å². The average molecular weight is 447 g/mol. The number of carbonyl (C=O) groups excluding carboxylic acids is 2. The lowest BCUT2D eigenvalue weighted by Crippen LogP contribution is -2.60. The van der Waals surface area contributed by atoms with Crippen LogP contribution in [-0.4, -0.2) is 77.9 Å². The van der Waals surface area contributed by atoms with Gasteiger partial charge in [0.05, 0.1) is 12.1 Å². The van der Waals surface area contributed by atoms with Crippen LogP contribution >= 0.6 is 0 Å². The van der Waals surface area contributed by atoms with Crippen LogP contribution in [0.25, 0.3) is 0 Å². The molecule has 5 rings (SSSR count). The van der Waals surface area contributed by atoms with Crippen LogP contribution in [0.4, 0.5) is 5.69 Å². The van der Waals surface area contributed by atoms with E-state index in [2.05, 4.69) is 34.1 Å². The molecule has 0 saturated carbocycles. The Hall–Kier alpha value is -2.70. The third-order valence-electron chi connectivity index (χ3n) is 7.57. The Morgan fingerprint density at radius 1 is 0.939 bits per heavy atom. The highest BCUT2D eigenvalue weighted by Crippen LogP contribution is 2.29. The first kappa shape index (κ1) is 22.1. The number of carbonyl (C=O) groups is 2. The highest BCUT2D eigenvalue weighted by molar-refractivity contribution is 5.98. The van der Waals surface area contributed by atoms with E-state index in [0.717, 1.165) is 64.2 Å². The SMILES string of the molecule is C[C@@H](C(=O)N1CCc2ccccc21)N1CCN([C@@H]2CCCN(Cc3ccccc3)C2=O)CC1. The van der Waals surface area contributed by atoms with Gasteiger partial charge in [0.1, 0.15) is 0 Å². The van der Waals surface area contributed by atoms with E-state index >= 15 is 0 Å². The highest BCUT2D eigenvalue weighted by atomic mass is 16.2. The maximum absolute atomic E-state index is 13.3. The second-order valence-electron chi connectivity index (χ2n) is 9.52. The van der Waals surface area contributed by atoms with E-state index in [9.17, 15) is 9.59 Å². The highest BCUT2D eigenvalue weighted by Gasteiger charge is 2.37. The first-order valence-corrected chi connectivity index (χ1v) is 12.3. The molecule has 6 nitrogen and oxygen atoms in total. The van der Waals surface area contributed by atoms with Crippen LogP contribution in [0.15, 0.2) is 54.6 Å². The minimum atomic E-state index is -0.144. The molecule has 174 valence electrons. The predicted molar refractivity (Wildman–Crippen MR) is 130 cm³/mol. The zero-order chi connectivity index (χ0) is 22.8. The number of hydrogen-bond acceptors (Lipinski definition) is 4. The van der Waals surface area contributed by atoms with E-state index in [-0.39, 0.29) is 23.9 Å². The average Bonchev–Trinajstić information content (AvgIpc) is 3.29. The molecule has 2 atom stereocenters. The number of fused-ring (bicyclic) bond motifs is 1. The van der Waals surface area contributed by atoms with Crippen molar-refractivity contribution < 1.29 is 9.59 Å². The van der Waals surface area contributed by atoms with Gasteiger partial charge in [0.25, 0.3) is 0 Å². The van der Waals surface area contributed by atoms with Crippen molar-refractivity contribution in [2.45, 2.75) is 44.8 Å². The van der Waals surface area contributed by atoms with Crippen molar-refractivity contribution in [3.05, 3.63) is 65.7 Å². The summed E-state index contributed by atoms with van der Waals surface area (Å²) in [5.41, 5.74) is 3.52. The number of piperazine rings is 1. The van der Waals surface area contributed by atoms with Gasteiger partial charge in [0, 0.05) is 51.5 Å². The van der Waals surface area contributed by atoms with Gasteiger partial charge >= 0.3 is 0 Å². The van der Waals surface area contributed by atoms with E-state index in [0.29, 0.717) is 6.54 Å². The van der Waals surface area contributed by atoms with Crippen molar-refractivity contribution >= 4 is 17.5 Å². The maximum Gasteiger partial charge on any atom is 0.244 e. The number of hydrogen-bond donors (Lipinski definition) is 0. The van der Waals surface area contributed by atoms with Crippen LogP contribution in [0.2, 0.25) is 0 Å². The Labute approximate surface area is 196 Å². The number of nitrogens with zero attached hydrogens (tertiary/aromatic N) is 4. The molecule has 2 aromatic carbocycles. The van der Waals surface area contributed by atoms with Gasteiger partial charge < -0.3 is 9.80 Å². The zero-order valence-electron chi connectivity index (χ0n) is 19.5. The fourth-order valence-electron chi connectivity index (χ4n) is 5.60. The number of piperidine rings is 1. The van der Waals surface area contributed by atoms with Crippen molar-refractivity contribution in [2.75, 3.05) is 44.2 Å². The molecule has 2 aromatic rings. The Balaban J connectivity index is 1.17. The number of para-hydroxylation sites is 1. The van der Waals surface area contributed by atoms with E-state index in [1.54, 1.807) is 0 Å². The zero-order valence-corrected chi connectivity index (χ0v) is 19.5. The van der Waals surface area contributed by atoms with Gasteiger partial charge in [0.15, 0.2) is 0 Å². The number of rotatable bonds is 5. The van der Waals surface area contributed by atoms with Crippen LogP contribution in [0.1, 0.15) is 30.9 Å². The molecule has 2 fully saturated rings. The Morgan fingerprint density at radius 2 is 1.67 bits per heavy atom. The van der Waals surface area contributed by atoms with Crippen LogP contribution in [0.3, 0.4) is 0 Å². The topological polar surface area (TPSA) is 47.1 Å². The lowest BCUT2D eigenvalue weighted by Gasteiger charge is -2.44. The van der Waals surface area contributed by atoms with Crippen molar-refractivity contribution in [3.63, 3.8) is 0 Å². The molecule has 0 aliphatic carbocycles. The summed E-state index contributed by atoms with van der Waals surface area (Å²) in [5, 5.41) is 0. The molecular formula is C27H34N4O2. The Bertz CT molecular complexity index is 987. The monoisotopic (exact) mass is 446 g/mol. The van der Waals surface area contributed by atoms with E-state index in [1.807, 2.05) is 47.1 Å². The molecule has 0 spiro atoms. The summed E-state index contributed by atoms with van der Waals surface area (Å²) in [4.78, 5) is 35.1. The van der Waals surface area contributed by atoms with Gasteiger partial charge in [-0.25, -0.2) is 0 Å². The second-order valence-corrected chi connectivity index (χ2v) is 9.52. The summed E-state index contributed by atoms with van der Waals surface area (Å²) >= 11 is 0. The van der Waals surface area contributed by atoms with Crippen LogP contribution in [0, 0.1) is 0 Å². The van der Waals surface area contributed by atoms with Crippen LogP contribution in [-0.2, 0) is 22.6 Å². The van der Waals surface area contributed by atoms with Gasteiger partial charge in [-0.2, -0.15) is 0 Å². The van der Waals surface area contributed by atoms with Gasteiger partial charge in [-0.15, -0.1) is 0 Å². The lowest BCUT2D eigenvalue weighted by atomic mass is 10.0. The van der Waals surface area contributed by atoms with E-state index in [1.165, 1.54) is 11.1 Å². The van der Waals surface area contributed by atoms with Gasteiger partial charge in [0.2, 0.25) is 11.8 Å². The Kier molecular flexibility index (Phi) is 6.47. The fourth-order valence-corrected chi connectivity index (χ4v) is 5.60. The summed E-state index contributed by atoms with van der Waals surface area (Å²) < 4.78 is 0. The summed E-state index contributed by atoms with van der Waals surface area (Å²) in [7, 11) is 0. The number of likely N-dealkylation sites (tertiary alicyclic amines) is 1. The molecular weight excluding hydrogens is 412 g/mol. The first-order chi connectivity index (χ1) is 16.1. The Morgan fingerprint density at radius 3 is 2.45 bits per heavy atom. The van der Waals surface area contributed by atoms with Crippen molar-refractivity contribution in [3.8, 4) is 0 Å². The smallest absolute Gasteiger partial charge is 0.244 e. The minimum Gasteiger partial charge on any atom is -0.337 e. The summed E-state index contributed by atoms with van der Waals surface area (Å²) in [6.45, 7) is 7.66. The molecule has 3 aliphatic heterocycles. The molecule has 2 saturated heterocycles.